The zero-order valence-electron chi connectivity index (χ0n) is 16.6. The van der Waals surface area contributed by atoms with Crippen molar-refractivity contribution in [1.29, 1.82) is 0 Å². The summed E-state index contributed by atoms with van der Waals surface area (Å²) in [7, 11) is -1.84. The summed E-state index contributed by atoms with van der Waals surface area (Å²) in [5, 5.41) is 0. The molecule has 1 saturated heterocycles. The minimum Gasteiger partial charge on any atom is -0.339 e. The van der Waals surface area contributed by atoms with Gasteiger partial charge in [0.15, 0.2) is 0 Å². The molecule has 1 aliphatic rings. The van der Waals surface area contributed by atoms with Gasteiger partial charge in [0.2, 0.25) is 5.91 Å². The molecular weight excluding hydrogens is 374 g/mol. The van der Waals surface area contributed by atoms with Gasteiger partial charge in [-0.15, -0.1) is 0 Å². The van der Waals surface area contributed by atoms with E-state index in [9.17, 15) is 13.2 Å². The minimum atomic E-state index is -3.86. The van der Waals surface area contributed by atoms with Crippen LogP contribution in [0.5, 0.6) is 0 Å². The summed E-state index contributed by atoms with van der Waals surface area (Å²) < 4.78 is 28.0. The molecule has 0 bridgehead atoms. The SMILES string of the molecule is Cc1cc(C)cc(N(CC(=O)N2CCN(C)CC2)S(=O)(=O)c2ccccc2)c1. The highest BCUT2D eigenvalue weighted by Crippen LogP contribution is 2.26. The van der Waals surface area contributed by atoms with Crippen LogP contribution in [0.2, 0.25) is 0 Å². The Morgan fingerprint density at radius 3 is 2.11 bits per heavy atom. The average molecular weight is 402 g/mol. The molecule has 28 heavy (non-hydrogen) atoms. The molecule has 2 aromatic carbocycles. The lowest BCUT2D eigenvalue weighted by atomic mass is 10.1. The molecule has 1 amide bonds. The van der Waals surface area contributed by atoms with Gasteiger partial charge in [0, 0.05) is 26.2 Å². The van der Waals surface area contributed by atoms with E-state index in [0.717, 1.165) is 24.2 Å². The number of hydrogen-bond acceptors (Lipinski definition) is 4. The van der Waals surface area contributed by atoms with E-state index >= 15 is 0 Å². The van der Waals surface area contributed by atoms with Gasteiger partial charge in [-0.3, -0.25) is 9.10 Å². The molecule has 0 saturated carbocycles. The maximum atomic E-state index is 13.4. The van der Waals surface area contributed by atoms with E-state index in [0.29, 0.717) is 18.8 Å². The highest BCUT2D eigenvalue weighted by molar-refractivity contribution is 7.92. The molecule has 2 aromatic rings. The molecule has 0 aromatic heterocycles. The molecule has 3 rings (SSSR count). The van der Waals surface area contributed by atoms with Crippen molar-refractivity contribution in [2.24, 2.45) is 0 Å². The number of anilines is 1. The van der Waals surface area contributed by atoms with E-state index in [4.69, 9.17) is 0 Å². The van der Waals surface area contributed by atoms with Crippen LogP contribution in [0.4, 0.5) is 5.69 Å². The number of hydrogen-bond donors (Lipinski definition) is 0. The lowest BCUT2D eigenvalue weighted by molar-refractivity contribution is -0.131. The van der Waals surface area contributed by atoms with Crippen LogP contribution in [0.25, 0.3) is 0 Å². The number of rotatable bonds is 5. The lowest BCUT2D eigenvalue weighted by Crippen LogP contribution is -2.50. The quantitative estimate of drug-likeness (QED) is 0.771. The number of carbonyl (C=O) groups is 1. The smallest absolute Gasteiger partial charge is 0.264 e. The van der Waals surface area contributed by atoms with Crippen LogP contribution in [0, 0.1) is 13.8 Å². The molecule has 1 heterocycles. The third-order valence-corrected chi connectivity index (χ3v) is 6.75. The van der Waals surface area contributed by atoms with Gasteiger partial charge in [0.1, 0.15) is 6.54 Å². The Morgan fingerprint density at radius 1 is 0.964 bits per heavy atom. The second-order valence-corrected chi connectivity index (χ2v) is 9.22. The Balaban J connectivity index is 1.96. The number of benzene rings is 2. The first kappa shape index (κ1) is 20.4. The molecular formula is C21H27N3O3S. The molecule has 6 nitrogen and oxygen atoms in total. The second-order valence-electron chi connectivity index (χ2n) is 7.35. The topological polar surface area (TPSA) is 60.9 Å². The first-order valence-corrected chi connectivity index (χ1v) is 10.8. The molecule has 0 aliphatic carbocycles. The first-order chi connectivity index (χ1) is 13.3. The number of nitrogens with zero attached hydrogens (tertiary/aromatic N) is 3. The van der Waals surface area contributed by atoms with Gasteiger partial charge >= 0.3 is 0 Å². The van der Waals surface area contributed by atoms with Gasteiger partial charge in [-0.2, -0.15) is 0 Å². The zero-order chi connectivity index (χ0) is 20.3. The molecule has 150 valence electrons. The summed E-state index contributed by atoms with van der Waals surface area (Å²) in [5.74, 6) is -0.174. The van der Waals surface area contributed by atoms with Crippen molar-refractivity contribution in [2.45, 2.75) is 18.7 Å². The Morgan fingerprint density at radius 2 is 1.54 bits per heavy atom. The van der Waals surface area contributed by atoms with E-state index in [-0.39, 0.29) is 17.3 Å². The van der Waals surface area contributed by atoms with Gasteiger partial charge < -0.3 is 9.80 Å². The van der Waals surface area contributed by atoms with E-state index in [2.05, 4.69) is 4.90 Å². The maximum Gasteiger partial charge on any atom is 0.264 e. The van der Waals surface area contributed by atoms with Crippen LogP contribution in [0.15, 0.2) is 53.4 Å². The highest BCUT2D eigenvalue weighted by atomic mass is 32.2. The van der Waals surface area contributed by atoms with E-state index in [1.807, 2.05) is 39.1 Å². The maximum absolute atomic E-state index is 13.4. The second kappa shape index (κ2) is 8.32. The summed E-state index contributed by atoms with van der Waals surface area (Å²) >= 11 is 0. The fourth-order valence-corrected chi connectivity index (χ4v) is 4.83. The van der Waals surface area contributed by atoms with Crippen molar-refractivity contribution in [3.05, 3.63) is 59.7 Å². The zero-order valence-corrected chi connectivity index (χ0v) is 17.4. The summed E-state index contributed by atoms with van der Waals surface area (Å²) in [5.41, 5.74) is 2.43. The molecule has 0 spiro atoms. The van der Waals surface area contributed by atoms with Crippen LogP contribution in [-0.2, 0) is 14.8 Å². The van der Waals surface area contributed by atoms with E-state index < -0.39 is 10.0 Å². The Kier molecular flexibility index (Phi) is 6.05. The van der Waals surface area contributed by atoms with Crippen LogP contribution in [0.3, 0.4) is 0 Å². The van der Waals surface area contributed by atoms with Gasteiger partial charge in [-0.1, -0.05) is 24.3 Å². The molecule has 0 radical (unpaired) electrons. The van der Waals surface area contributed by atoms with E-state index in [1.54, 1.807) is 35.2 Å². The molecule has 7 heteroatoms. The number of carbonyl (C=O) groups excluding carboxylic acids is 1. The van der Waals surface area contributed by atoms with Gasteiger partial charge in [-0.05, 0) is 56.3 Å². The van der Waals surface area contributed by atoms with Gasteiger partial charge in [0.05, 0.1) is 10.6 Å². The molecule has 0 unspecified atom stereocenters. The highest BCUT2D eigenvalue weighted by Gasteiger charge is 2.30. The number of amides is 1. The van der Waals surface area contributed by atoms with Gasteiger partial charge in [-0.25, -0.2) is 8.42 Å². The molecule has 1 fully saturated rings. The number of sulfonamides is 1. The van der Waals surface area contributed by atoms with Crippen molar-refractivity contribution < 1.29 is 13.2 Å². The predicted octanol–water partition coefficient (Wildman–Crippen LogP) is 2.27. The van der Waals surface area contributed by atoms with Crippen molar-refractivity contribution in [1.82, 2.24) is 9.80 Å². The van der Waals surface area contributed by atoms with Crippen LogP contribution in [0.1, 0.15) is 11.1 Å². The molecule has 0 atom stereocenters. The minimum absolute atomic E-state index is 0.174. The summed E-state index contributed by atoms with van der Waals surface area (Å²) in [4.78, 5) is 17.0. The molecule has 1 aliphatic heterocycles. The van der Waals surface area contributed by atoms with Crippen LogP contribution >= 0.6 is 0 Å². The third-order valence-electron chi connectivity index (χ3n) is 4.96. The summed E-state index contributed by atoms with van der Waals surface area (Å²) in [6.45, 7) is 6.45. The van der Waals surface area contributed by atoms with Crippen LogP contribution in [-0.4, -0.2) is 63.9 Å². The van der Waals surface area contributed by atoms with Crippen molar-refractivity contribution >= 4 is 21.6 Å². The van der Waals surface area contributed by atoms with Crippen molar-refractivity contribution in [2.75, 3.05) is 44.1 Å². The van der Waals surface area contributed by atoms with Crippen molar-refractivity contribution in [3.8, 4) is 0 Å². The normalized spacial score (nSPS) is 15.5. The standard InChI is InChI=1S/C21H27N3O3S/c1-17-13-18(2)15-19(14-17)24(28(26,27)20-7-5-4-6-8-20)16-21(25)23-11-9-22(3)10-12-23/h4-8,13-15H,9-12,16H2,1-3H3. The predicted molar refractivity (Wildman–Crippen MR) is 111 cm³/mol. The number of likely N-dealkylation sites (N-methyl/N-ethyl adjacent to an activating group) is 1. The summed E-state index contributed by atoms with van der Waals surface area (Å²) in [6.07, 6.45) is 0. The summed E-state index contributed by atoms with van der Waals surface area (Å²) in [6, 6.07) is 13.9. The number of piperazine rings is 1. The Hall–Kier alpha value is -2.38. The largest absolute Gasteiger partial charge is 0.339 e. The first-order valence-electron chi connectivity index (χ1n) is 9.40. The van der Waals surface area contributed by atoms with Gasteiger partial charge in [0.25, 0.3) is 10.0 Å². The fourth-order valence-electron chi connectivity index (χ4n) is 3.41. The monoisotopic (exact) mass is 401 g/mol. The van der Waals surface area contributed by atoms with Crippen molar-refractivity contribution in [3.63, 3.8) is 0 Å². The fraction of sp³-hybridized carbons (Fsp3) is 0.381. The lowest BCUT2D eigenvalue weighted by Gasteiger charge is -2.34. The molecule has 0 N–H and O–H groups in total. The van der Waals surface area contributed by atoms with Crippen LogP contribution < -0.4 is 4.31 Å². The third kappa shape index (κ3) is 4.54. The number of aryl methyl sites for hydroxylation is 2. The van der Waals surface area contributed by atoms with E-state index in [1.165, 1.54) is 4.31 Å². The Bertz CT molecular complexity index is 916. The Labute approximate surface area is 167 Å². The average Bonchev–Trinajstić information content (AvgIpc) is 2.66.